The standard InChI is InChI=1S/C13H22N2/c1-13-7-5-3-4-6-9-14-10-12-15(2)11-8-13/h3-4,6,9-10,12-14H,5,7-8,11H2,1-2H3/b4-3-,9-6-,12-10-. The molecule has 0 spiro atoms. The molecule has 1 heterocycles. The van der Waals surface area contributed by atoms with Crippen LogP contribution in [0.15, 0.2) is 36.8 Å². The zero-order valence-corrected chi connectivity index (χ0v) is 9.82. The Hall–Kier alpha value is -1.18. The van der Waals surface area contributed by atoms with Crippen molar-refractivity contribution in [3.8, 4) is 0 Å². The van der Waals surface area contributed by atoms with Gasteiger partial charge in [-0.3, -0.25) is 0 Å². The van der Waals surface area contributed by atoms with E-state index in [2.05, 4.69) is 42.5 Å². The molecule has 0 aromatic rings. The maximum atomic E-state index is 3.11. The van der Waals surface area contributed by atoms with Gasteiger partial charge in [0.2, 0.25) is 0 Å². The number of rotatable bonds is 0. The van der Waals surface area contributed by atoms with Crippen LogP contribution in [0.4, 0.5) is 0 Å². The van der Waals surface area contributed by atoms with E-state index in [9.17, 15) is 0 Å². The van der Waals surface area contributed by atoms with Gasteiger partial charge in [0.05, 0.1) is 0 Å². The highest BCUT2D eigenvalue weighted by molar-refractivity contribution is 5.03. The van der Waals surface area contributed by atoms with Crippen molar-refractivity contribution in [1.82, 2.24) is 10.2 Å². The minimum Gasteiger partial charge on any atom is -0.379 e. The highest BCUT2D eigenvalue weighted by Gasteiger charge is 2.01. The van der Waals surface area contributed by atoms with Crippen LogP contribution in [0.2, 0.25) is 0 Å². The van der Waals surface area contributed by atoms with Crippen molar-refractivity contribution in [3.63, 3.8) is 0 Å². The van der Waals surface area contributed by atoms with E-state index in [1.807, 2.05) is 18.5 Å². The van der Waals surface area contributed by atoms with Crippen LogP contribution in [0.3, 0.4) is 0 Å². The molecule has 0 radical (unpaired) electrons. The molecule has 0 fully saturated rings. The van der Waals surface area contributed by atoms with Gasteiger partial charge >= 0.3 is 0 Å². The summed E-state index contributed by atoms with van der Waals surface area (Å²) in [5.74, 6) is 0.809. The van der Waals surface area contributed by atoms with E-state index in [0.29, 0.717) is 0 Å². The minimum atomic E-state index is 0.809. The summed E-state index contributed by atoms with van der Waals surface area (Å²) in [5.41, 5.74) is 0. The molecule has 1 aliphatic heterocycles. The number of hydrogen-bond donors (Lipinski definition) is 1. The lowest BCUT2D eigenvalue weighted by molar-refractivity contribution is 0.380. The summed E-state index contributed by atoms with van der Waals surface area (Å²) < 4.78 is 0. The zero-order valence-electron chi connectivity index (χ0n) is 9.82. The monoisotopic (exact) mass is 206 g/mol. The third-order valence-corrected chi connectivity index (χ3v) is 2.67. The molecule has 2 nitrogen and oxygen atoms in total. The molecular weight excluding hydrogens is 184 g/mol. The molecule has 1 atom stereocenters. The van der Waals surface area contributed by atoms with Gasteiger partial charge in [-0.1, -0.05) is 19.1 Å². The van der Waals surface area contributed by atoms with Gasteiger partial charge in [0.1, 0.15) is 0 Å². The fourth-order valence-corrected chi connectivity index (χ4v) is 1.54. The van der Waals surface area contributed by atoms with Crippen molar-refractivity contribution >= 4 is 0 Å². The molecule has 0 bridgehead atoms. The average Bonchev–Trinajstić information content (AvgIpc) is 2.24. The van der Waals surface area contributed by atoms with Crippen molar-refractivity contribution in [1.29, 1.82) is 0 Å². The van der Waals surface area contributed by atoms with Gasteiger partial charge in [0, 0.05) is 32.2 Å². The Kier molecular flexibility index (Phi) is 5.67. The maximum absolute atomic E-state index is 3.11. The summed E-state index contributed by atoms with van der Waals surface area (Å²) in [7, 11) is 2.12. The number of nitrogens with one attached hydrogen (secondary N) is 1. The highest BCUT2D eigenvalue weighted by atomic mass is 15.1. The molecular formula is C13H22N2. The lowest BCUT2D eigenvalue weighted by Gasteiger charge is -2.16. The number of hydrogen-bond acceptors (Lipinski definition) is 2. The summed E-state index contributed by atoms with van der Waals surface area (Å²) in [6.07, 6.45) is 16.1. The smallest absolute Gasteiger partial charge is 0.0172 e. The molecule has 0 saturated carbocycles. The van der Waals surface area contributed by atoms with Gasteiger partial charge in [-0.05, 0) is 31.3 Å². The molecule has 1 aliphatic rings. The first kappa shape index (κ1) is 11.9. The Labute approximate surface area is 93.4 Å². The molecule has 1 rings (SSSR count). The van der Waals surface area contributed by atoms with Gasteiger partial charge < -0.3 is 10.2 Å². The van der Waals surface area contributed by atoms with E-state index in [-0.39, 0.29) is 0 Å². The van der Waals surface area contributed by atoms with Crippen molar-refractivity contribution in [3.05, 3.63) is 36.8 Å². The van der Waals surface area contributed by atoms with E-state index >= 15 is 0 Å². The van der Waals surface area contributed by atoms with Crippen molar-refractivity contribution in [2.45, 2.75) is 26.2 Å². The van der Waals surface area contributed by atoms with Crippen LogP contribution < -0.4 is 5.32 Å². The van der Waals surface area contributed by atoms with E-state index in [4.69, 9.17) is 0 Å². The Balaban J connectivity index is 2.47. The minimum absolute atomic E-state index is 0.809. The molecule has 15 heavy (non-hydrogen) atoms. The quantitative estimate of drug-likeness (QED) is 0.655. The van der Waals surface area contributed by atoms with Crippen LogP contribution in [0.1, 0.15) is 26.2 Å². The molecule has 0 saturated heterocycles. The number of allylic oxidation sites excluding steroid dienone is 3. The van der Waals surface area contributed by atoms with E-state index in [1.54, 1.807) is 0 Å². The van der Waals surface area contributed by atoms with Crippen molar-refractivity contribution in [2.75, 3.05) is 13.6 Å². The first-order valence-electron chi connectivity index (χ1n) is 5.73. The largest absolute Gasteiger partial charge is 0.379 e. The molecule has 84 valence electrons. The molecule has 1 N–H and O–H groups in total. The second-order valence-electron chi connectivity index (χ2n) is 4.22. The van der Waals surface area contributed by atoms with Crippen LogP contribution in [0, 0.1) is 5.92 Å². The second-order valence-corrected chi connectivity index (χ2v) is 4.22. The third-order valence-electron chi connectivity index (χ3n) is 2.67. The molecule has 0 aromatic heterocycles. The fraction of sp³-hybridized carbons (Fsp3) is 0.538. The van der Waals surface area contributed by atoms with Crippen molar-refractivity contribution in [2.24, 2.45) is 5.92 Å². The molecule has 0 aromatic carbocycles. The molecule has 1 unspecified atom stereocenters. The lowest BCUT2D eigenvalue weighted by atomic mass is 10.0. The highest BCUT2D eigenvalue weighted by Crippen LogP contribution is 2.11. The molecule has 0 amide bonds. The van der Waals surface area contributed by atoms with Gasteiger partial charge in [0.25, 0.3) is 0 Å². The summed E-state index contributed by atoms with van der Waals surface area (Å²) in [5, 5.41) is 3.11. The Morgan fingerprint density at radius 2 is 2.07 bits per heavy atom. The number of nitrogens with zero attached hydrogens (tertiary/aromatic N) is 1. The summed E-state index contributed by atoms with van der Waals surface area (Å²) in [6.45, 7) is 3.46. The van der Waals surface area contributed by atoms with Crippen LogP contribution in [-0.4, -0.2) is 18.5 Å². The topological polar surface area (TPSA) is 15.3 Å². The van der Waals surface area contributed by atoms with Crippen LogP contribution in [-0.2, 0) is 0 Å². The fourth-order valence-electron chi connectivity index (χ4n) is 1.54. The molecule has 2 heteroatoms. The predicted octanol–water partition coefficient (Wildman–Crippen LogP) is 2.87. The zero-order chi connectivity index (χ0) is 10.9. The van der Waals surface area contributed by atoms with Gasteiger partial charge in [0.15, 0.2) is 0 Å². The normalized spacial score (nSPS) is 30.3. The van der Waals surface area contributed by atoms with Crippen LogP contribution in [0.25, 0.3) is 0 Å². The van der Waals surface area contributed by atoms with Gasteiger partial charge in [-0.2, -0.15) is 0 Å². The Bertz CT molecular complexity index is 241. The van der Waals surface area contributed by atoms with Crippen LogP contribution in [0.5, 0.6) is 0 Å². The van der Waals surface area contributed by atoms with Crippen molar-refractivity contribution < 1.29 is 0 Å². The SMILES string of the molecule is CC1CC/C=C\C=C/N/C=C\N(C)CC1. The maximum Gasteiger partial charge on any atom is 0.0172 e. The first-order valence-corrected chi connectivity index (χ1v) is 5.73. The van der Waals surface area contributed by atoms with E-state index in [1.165, 1.54) is 19.3 Å². The predicted molar refractivity (Wildman–Crippen MR) is 66.2 cm³/mol. The Morgan fingerprint density at radius 1 is 1.20 bits per heavy atom. The lowest BCUT2D eigenvalue weighted by Crippen LogP contribution is -2.15. The van der Waals surface area contributed by atoms with E-state index in [0.717, 1.165) is 12.5 Å². The van der Waals surface area contributed by atoms with Gasteiger partial charge in [-0.25, -0.2) is 0 Å². The summed E-state index contributed by atoms with van der Waals surface area (Å²) in [4.78, 5) is 2.22. The van der Waals surface area contributed by atoms with Crippen LogP contribution >= 0.6 is 0 Å². The second kappa shape index (κ2) is 7.16. The Morgan fingerprint density at radius 3 is 2.93 bits per heavy atom. The third kappa shape index (κ3) is 6.00. The average molecular weight is 206 g/mol. The van der Waals surface area contributed by atoms with E-state index < -0.39 is 0 Å². The first-order chi connectivity index (χ1) is 7.29. The summed E-state index contributed by atoms with van der Waals surface area (Å²) >= 11 is 0. The van der Waals surface area contributed by atoms with Gasteiger partial charge in [-0.15, -0.1) is 0 Å². The summed E-state index contributed by atoms with van der Waals surface area (Å²) in [6, 6.07) is 0. The molecule has 0 aliphatic carbocycles.